The van der Waals surface area contributed by atoms with Gasteiger partial charge in [0.05, 0.1) is 23.1 Å². The van der Waals surface area contributed by atoms with E-state index in [-0.39, 0.29) is 17.9 Å². The van der Waals surface area contributed by atoms with Gasteiger partial charge in [-0.2, -0.15) is 0 Å². The van der Waals surface area contributed by atoms with Gasteiger partial charge in [0.25, 0.3) is 5.91 Å². The highest BCUT2D eigenvalue weighted by Crippen LogP contribution is 2.38. The molecule has 0 radical (unpaired) electrons. The zero-order valence-electron chi connectivity index (χ0n) is 19.6. The number of piperidine rings is 2. The zero-order chi connectivity index (χ0) is 24.6. The molecule has 182 valence electrons. The Labute approximate surface area is 212 Å². The van der Waals surface area contributed by atoms with Crippen molar-refractivity contribution >= 4 is 56.2 Å². The first-order chi connectivity index (χ1) is 17.6. The lowest BCUT2D eigenvalue weighted by molar-refractivity contribution is -0.126. The Hall–Kier alpha value is -3.98. The van der Waals surface area contributed by atoms with E-state index in [4.69, 9.17) is 5.73 Å². The highest BCUT2D eigenvalue weighted by Gasteiger charge is 2.40. The second-order valence-corrected chi connectivity index (χ2v) is 10.2. The van der Waals surface area contributed by atoms with Gasteiger partial charge in [-0.25, -0.2) is 9.97 Å². The summed E-state index contributed by atoms with van der Waals surface area (Å²) in [5.74, 6) is 0.956. The number of nitrogens with one attached hydrogen (secondary N) is 2. The zero-order valence-corrected chi connectivity index (χ0v) is 20.4. The fourth-order valence-corrected chi connectivity index (χ4v) is 6.19. The summed E-state index contributed by atoms with van der Waals surface area (Å²) >= 11 is 1.69. The van der Waals surface area contributed by atoms with Crippen molar-refractivity contribution < 1.29 is 9.59 Å². The minimum Gasteiger partial charge on any atom is -0.380 e. The summed E-state index contributed by atoms with van der Waals surface area (Å²) in [6, 6.07) is 14.1. The minimum absolute atomic E-state index is 0.151. The van der Waals surface area contributed by atoms with Crippen LogP contribution >= 0.6 is 11.3 Å². The SMILES string of the molecule is NC(=O)c1cnc(Nc2ccc(N3C(=O)C4CCC3CC4)cn2)cc1NCc1cccc2ccsc12. The number of fused-ring (bicyclic) bond motifs is 4. The molecule has 2 saturated heterocycles. The standard InChI is InChI=1S/C27H26N6O2S/c28-26(34)21-15-31-24(12-22(21)29-13-18-3-1-2-16-10-11-36-25(16)18)32-23-9-8-20(14-30-23)33-19-6-4-17(5-7-19)27(33)35/h1-3,8-12,14-15,17,19H,4-7,13H2,(H2,28,34)(H2,29,30,31,32). The molecule has 3 aromatic heterocycles. The number of pyridine rings is 2. The molecule has 36 heavy (non-hydrogen) atoms. The fourth-order valence-electron chi connectivity index (χ4n) is 5.28. The summed E-state index contributed by atoms with van der Waals surface area (Å²) in [5.41, 5.74) is 8.50. The van der Waals surface area contributed by atoms with Crippen LogP contribution in [0.25, 0.3) is 10.1 Å². The Kier molecular flexibility index (Phi) is 5.77. The molecule has 4 N–H and O–H groups in total. The van der Waals surface area contributed by atoms with Gasteiger partial charge in [-0.15, -0.1) is 11.3 Å². The molecule has 4 aromatic rings. The molecule has 1 saturated carbocycles. The number of anilines is 4. The van der Waals surface area contributed by atoms with Crippen molar-refractivity contribution in [1.82, 2.24) is 9.97 Å². The summed E-state index contributed by atoms with van der Waals surface area (Å²) in [7, 11) is 0. The Morgan fingerprint density at radius 3 is 2.64 bits per heavy atom. The maximum absolute atomic E-state index is 12.7. The predicted molar refractivity (Wildman–Crippen MR) is 143 cm³/mol. The van der Waals surface area contributed by atoms with Gasteiger partial charge in [0, 0.05) is 35.5 Å². The van der Waals surface area contributed by atoms with E-state index in [2.05, 4.69) is 44.2 Å². The number of benzene rings is 1. The van der Waals surface area contributed by atoms with E-state index in [0.29, 0.717) is 29.4 Å². The van der Waals surface area contributed by atoms with Gasteiger partial charge in [-0.1, -0.05) is 18.2 Å². The Bertz CT molecular complexity index is 1440. The molecule has 3 fully saturated rings. The third-order valence-electron chi connectivity index (χ3n) is 7.13. The molecular formula is C27H26N6O2S. The highest BCUT2D eigenvalue weighted by molar-refractivity contribution is 7.17. The van der Waals surface area contributed by atoms with E-state index < -0.39 is 5.91 Å². The molecule has 2 bridgehead atoms. The lowest BCUT2D eigenvalue weighted by Gasteiger charge is -2.44. The average molecular weight is 499 g/mol. The molecule has 7 rings (SSSR count). The normalized spacial score (nSPS) is 19.0. The minimum atomic E-state index is -0.547. The molecule has 0 spiro atoms. The third-order valence-corrected chi connectivity index (χ3v) is 8.14. The third kappa shape index (κ3) is 4.15. The monoisotopic (exact) mass is 498 g/mol. The first-order valence-corrected chi connectivity index (χ1v) is 13.0. The van der Waals surface area contributed by atoms with Crippen molar-refractivity contribution in [3.8, 4) is 0 Å². The molecule has 1 aliphatic carbocycles. The number of thiophene rings is 1. The molecule has 5 heterocycles. The number of hydrogen-bond donors (Lipinski definition) is 3. The van der Waals surface area contributed by atoms with Gasteiger partial charge in [0.15, 0.2) is 0 Å². The summed E-state index contributed by atoms with van der Waals surface area (Å²) in [4.78, 5) is 35.6. The van der Waals surface area contributed by atoms with Crippen molar-refractivity contribution in [2.75, 3.05) is 15.5 Å². The summed E-state index contributed by atoms with van der Waals surface area (Å²) in [6.07, 6.45) is 7.32. The average Bonchev–Trinajstić information content (AvgIpc) is 3.38. The van der Waals surface area contributed by atoms with Crippen LogP contribution in [0, 0.1) is 5.92 Å². The summed E-state index contributed by atoms with van der Waals surface area (Å²) in [5, 5.41) is 9.81. The quantitative estimate of drug-likeness (QED) is 0.329. The number of carbonyl (C=O) groups is 2. The molecule has 9 heteroatoms. The van der Waals surface area contributed by atoms with Crippen LogP contribution < -0.4 is 21.3 Å². The van der Waals surface area contributed by atoms with Crippen LogP contribution in [-0.4, -0.2) is 27.8 Å². The maximum atomic E-state index is 12.7. The Morgan fingerprint density at radius 1 is 1.06 bits per heavy atom. The van der Waals surface area contributed by atoms with E-state index in [1.54, 1.807) is 23.6 Å². The topological polar surface area (TPSA) is 113 Å². The summed E-state index contributed by atoms with van der Waals surface area (Å²) < 4.78 is 1.21. The fraction of sp³-hybridized carbons (Fsp3) is 0.259. The lowest BCUT2D eigenvalue weighted by atomic mass is 9.79. The summed E-state index contributed by atoms with van der Waals surface area (Å²) in [6.45, 7) is 0.542. The van der Waals surface area contributed by atoms with Gasteiger partial charge < -0.3 is 21.3 Å². The van der Waals surface area contributed by atoms with E-state index >= 15 is 0 Å². The second kappa shape index (κ2) is 9.23. The maximum Gasteiger partial charge on any atom is 0.252 e. The first kappa shape index (κ1) is 22.5. The Morgan fingerprint density at radius 2 is 1.89 bits per heavy atom. The van der Waals surface area contributed by atoms with Crippen LogP contribution in [0.15, 0.2) is 60.2 Å². The number of nitrogens with zero attached hydrogens (tertiary/aromatic N) is 3. The van der Waals surface area contributed by atoms with Crippen LogP contribution in [-0.2, 0) is 11.3 Å². The predicted octanol–water partition coefficient (Wildman–Crippen LogP) is 5.05. The van der Waals surface area contributed by atoms with Crippen LogP contribution in [0.1, 0.15) is 41.6 Å². The van der Waals surface area contributed by atoms with Crippen LogP contribution in [0.5, 0.6) is 0 Å². The van der Waals surface area contributed by atoms with Crippen molar-refractivity contribution in [3.63, 3.8) is 0 Å². The number of carbonyl (C=O) groups excluding carboxylic acids is 2. The first-order valence-electron chi connectivity index (χ1n) is 12.1. The van der Waals surface area contributed by atoms with Crippen molar-refractivity contribution in [3.05, 3.63) is 71.4 Å². The highest BCUT2D eigenvalue weighted by atomic mass is 32.1. The van der Waals surface area contributed by atoms with Crippen molar-refractivity contribution in [1.29, 1.82) is 0 Å². The Balaban J connectivity index is 1.20. The largest absolute Gasteiger partial charge is 0.380 e. The smallest absolute Gasteiger partial charge is 0.252 e. The number of primary amides is 1. The number of rotatable bonds is 7. The van der Waals surface area contributed by atoms with Crippen LogP contribution in [0.2, 0.25) is 0 Å². The number of nitrogens with two attached hydrogens (primary N) is 1. The molecule has 2 amide bonds. The number of amides is 2. The molecule has 0 unspecified atom stereocenters. The van der Waals surface area contributed by atoms with Gasteiger partial charge in [-0.05, 0) is 60.2 Å². The van der Waals surface area contributed by atoms with E-state index in [1.807, 2.05) is 23.1 Å². The van der Waals surface area contributed by atoms with Gasteiger partial charge in [0.1, 0.15) is 11.6 Å². The molecule has 8 nitrogen and oxygen atoms in total. The van der Waals surface area contributed by atoms with Crippen LogP contribution in [0.3, 0.4) is 0 Å². The van der Waals surface area contributed by atoms with Crippen LogP contribution in [0.4, 0.5) is 23.0 Å². The lowest BCUT2D eigenvalue weighted by Crippen LogP contribution is -2.52. The number of hydrogen-bond acceptors (Lipinski definition) is 7. The van der Waals surface area contributed by atoms with Gasteiger partial charge in [0.2, 0.25) is 5.91 Å². The molecule has 0 atom stereocenters. The van der Waals surface area contributed by atoms with E-state index in [9.17, 15) is 9.59 Å². The molecule has 2 aliphatic heterocycles. The number of aromatic nitrogens is 2. The van der Waals surface area contributed by atoms with Crippen molar-refractivity contribution in [2.24, 2.45) is 11.7 Å². The molecular weight excluding hydrogens is 472 g/mol. The molecule has 1 aromatic carbocycles. The second-order valence-electron chi connectivity index (χ2n) is 9.33. The molecule has 3 aliphatic rings. The van der Waals surface area contributed by atoms with Crippen molar-refractivity contribution in [2.45, 2.75) is 38.3 Å². The van der Waals surface area contributed by atoms with Gasteiger partial charge >= 0.3 is 0 Å². The van der Waals surface area contributed by atoms with Gasteiger partial charge in [-0.3, -0.25) is 9.59 Å². The van der Waals surface area contributed by atoms with E-state index in [0.717, 1.165) is 36.9 Å². The van der Waals surface area contributed by atoms with E-state index in [1.165, 1.54) is 16.3 Å².